The lowest BCUT2D eigenvalue weighted by atomic mass is 9.51. The molecule has 10 atom stereocenters. The van der Waals surface area contributed by atoms with Crippen LogP contribution in [0, 0.1) is 16.7 Å². The maximum Gasteiger partial charge on any atom is 0.119 e. The largest absolute Gasteiger partial charge is 0.393 e. The fourth-order valence-corrected chi connectivity index (χ4v) is 6.42. The lowest BCUT2D eigenvalue weighted by Crippen LogP contribution is -2.72. The van der Waals surface area contributed by atoms with Crippen LogP contribution < -0.4 is 0 Å². The number of aliphatic hydroxyl groups excluding tert-OH is 7. The molecule has 0 bridgehead atoms. The second-order valence-electron chi connectivity index (χ2n) is 9.94. The summed E-state index contributed by atoms with van der Waals surface area (Å²) < 4.78 is 0. The van der Waals surface area contributed by atoms with Crippen LogP contribution in [0.1, 0.15) is 40.5 Å². The van der Waals surface area contributed by atoms with E-state index in [9.17, 15) is 46.0 Å². The topological polar surface area (TPSA) is 182 Å². The second kappa shape index (κ2) is 6.69. The van der Waals surface area contributed by atoms with Crippen molar-refractivity contribution in [3.8, 4) is 0 Å². The first-order valence-electron chi connectivity index (χ1n) is 9.97. The Balaban J connectivity index is 2.40. The third kappa shape index (κ3) is 2.60. The van der Waals surface area contributed by atoms with E-state index >= 15 is 0 Å². The highest BCUT2D eigenvalue weighted by atomic mass is 16.4. The summed E-state index contributed by atoms with van der Waals surface area (Å²) in [7, 11) is 0. The van der Waals surface area contributed by atoms with Crippen LogP contribution in [-0.4, -0.2) is 100 Å². The van der Waals surface area contributed by atoms with Crippen molar-refractivity contribution in [3.63, 3.8) is 0 Å². The van der Waals surface area contributed by atoms with Crippen molar-refractivity contribution in [1.82, 2.24) is 0 Å². The molecule has 0 aromatic heterocycles. The van der Waals surface area contributed by atoms with Crippen LogP contribution in [0.4, 0.5) is 0 Å². The predicted octanol–water partition coefficient (Wildman–Crippen LogP) is -2.61. The molecule has 0 saturated heterocycles. The minimum atomic E-state index is -2.33. The zero-order valence-corrected chi connectivity index (χ0v) is 17.2. The Morgan fingerprint density at radius 3 is 2.03 bits per heavy atom. The molecule has 2 fully saturated rings. The van der Waals surface area contributed by atoms with Crippen LogP contribution in [0.5, 0.6) is 0 Å². The minimum absolute atomic E-state index is 0.0510. The molecule has 0 spiro atoms. The standard InChI is InChI=1S/C20H34O9/c1-8-9(22)6-19(17(2,3)28)12(8)13(25)15(26)18(4)10(23)5-11(24)20(29,7-21)14(18)16(19)27/h9-11,13-16,21-29H,5-7H2,1-4H3/t9-,10-,11-,13+,14-,15-,16-,18+,19-,20-/m0/s1. The molecular formula is C20H34O9. The van der Waals surface area contributed by atoms with E-state index in [-0.39, 0.29) is 17.6 Å². The van der Waals surface area contributed by atoms with Gasteiger partial charge in [0, 0.05) is 17.8 Å². The Hall–Kier alpha value is -0.620. The fourth-order valence-electron chi connectivity index (χ4n) is 6.42. The maximum atomic E-state index is 11.7. The molecule has 2 saturated carbocycles. The monoisotopic (exact) mass is 418 g/mol. The molecule has 0 amide bonds. The van der Waals surface area contributed by atoms with Gasteiger partial charge in [0.1, 0.15) is 11.7 Å². The molecule has 3 rings (SSSR count). The van der Waals surface area contributed by atoms with E-state index in [1.165, 1.54) is 27.7 Å². The van der Waals surface area contributed by atoms with Gasteiger partial charge in [-0.15, -0.1) is 0 Å². The Morgan fingerprint density at radius 2 is 1.55 bits per heavy atom. The Bertz CT molecular complexity index is 703. The summed E-state index contributed by atoms with van der Waals surface area (Å²) in [6.07, 6.45) is -9.91. The van der Waals surface area contributed by atoms with Gasteiger partial charge in [-0.1, -0.05) is 6.92 Å². The highest BCUT2D eigenvalue weighted by Gasteiger charge is 2.73. The molecule has 9 heteroatoms. The number of hydrogen-bond donors (Lipinski definition) is 9. The van der Waals surface area contributed by atoms with Crippen molar-refractivity contribution >= 4 is 0 Å². The van der Waals surface area contributed by atoms with Gasteiger partial charge in [0.2, 0.25) is 0 Å². The average Bonchev–Trinajstić information content (AvgIpc) is 2.87. The number of aliphatic hydroxyl groups is 9. The molecule has 0 unspecified atom stereocenters. The second-order valence-corrected chi connectivity index (χ2v) is 9.94. The molecular weight excluding hydrogens is 384 g/mol. The van der Waals surface area contributed by atoms with Gasteiger partial charge in [-0.05, 0) is 38.3 Å². The molecule has 9 nitrogen and oxygen atoms in total. The van der Waals surface area contributed by atoms with Gasteiger partial charge in [-0.25, -0.2) is 0 Å². The van der Waals surface area contributed by atoms with E-state index in [1.54, 1.807) is 0 Å². The number of hydrogen-bond acceptors (Lipinski definition) is 9. The van der Waals surface area contributed by atoms with Gasteiger partial charge in [-0.3, -0.25) is 0 Å². The minimum Gasteiger partial charge on any atom is -0.393 e. The van der Waals surface area contributed by atoms with Crippen LogP contribution in [0.2, 0.25) is 0 Å². The van der Waals surface area contributed by atoms with Crippen molar-refractivity contribution in [2.75, 3.05) is 6.61 Å². The highest BCUT2D eigenvalue weighted by Crippen LogP contribution is 2.64. The molecule has 0 aromatic rings. The van der Waals surface area contributed by atoms with Gasteiger partial charge in [-0.2, -0.15) is 0 Å². The molecule has 0 aliphatic heterocycles. The van der Waals surface area contributed by atoms with Crippen molar-refractivity contribution in [2.24, 2.45) is 16.7 Å². The van der Waals surface area contributed by atoms with Crippen molar-refractivity contribution in [2.45, 2.75) is 88.4 Å². The summed E-state index contributed by atoms with van der Waals surface area (Å²) in [5, 5.41) is 98.1. The summed E-state index contributed by atoms with van der Waals surface area (Å²) in [6, 6.07) is 0. The quantitative estimate of drug-likeness (QED) is 0.217. The normalized spacial score (nSPS) is 53.5. The lowest BCUT2D eigenvalue weighted by molar-refractivity contribution is -0.285. The van der Waals surface area contributed by atoms with Gasteiger partial charge in [0.15, 0.2) is 0 Å². The van der Waals surface area contributed by atoms with E-state index in [0.29, 0.717) is 0 Å². The number of fused-ring (bicyclic) bond motifs is 2. The molecule has 0 aromatic carbocycles. The van der Waals surface area contributed by atoms with Gasteiger partial charge in [0.05, 0.1) is 48.1 Å². The molecule has 0 heterocycles. The van der Waals surface area contributed by atoms with E-state index in [4.69, 9.17) is 0 Å². The van der Waals surface area contributed by atoms with Crippen molar-refractivity contribution in [1.29, 1.82) is 0 Å². The SMILES string of the molecule is CC1=C2[C@@H](O)[C@H](O)[C@@]3(C)[C@H]([C@H](O)[C@]2(C(C)(C)O)C[C@@H]1O)[C@](O)(CO)[C@@H](O)C[C@@H]3O. The Morgan fingerprint density at radius 1 is 1.00 bits per heavy atom. The summed E-state index contributed by atoms with van der Waals surface area (Å²) in [5.41, 5.74) is -7.19. The molecule has 9 N–H and O–H groups in total. The van der Waals surface area contributed by atoms with Gasteiger partial charge >= 0.3 is 0 Å². The first-order valence-corrected chi connectivity index (χ1v) is 9.97. The fraction of sp³-hybridized carbons (Fsp3) is 0.900. The van der Waals surface area contributed by atoms with Crippen LogP contribution in [0.3, 0.4) is 0 Å². The highest BCUT2D eigenvalue weighted by molar-refractivity contribution is 5.42. The Kier molecular flexibility index (Phi) is 5.32. The third-order valence-electron chi connectivity index (χ3n) is 8.27. The summed E-state index contributed by atoms with van der Waals surface area (Å²) in [6.45, 7) is 4.69. The van der Waals surface area contributed by atoms with E-state index in [2.05, 4.69) is 0 Å². The van der Waals surface area contributed by atoms with Crippen LogP contribution in [0.15, 0.2) is 11.1 Å². The molecule has 168 valence electrons. The molecule has 3 aliphatic rings. The smallest absolute Gasteiger partial charge is 0.119 e. The van der Waals surface area contributed by atoms with Crippen LogP contribution in [0.25, 0.3) is 0 Å². The predicted molar refractivity (Wildman–Crippen MR) is 100 cm³/mol. The van der Waals surface area contributed by atoms with Gasteiger partial charge < -0.3 is 46.0 Å². The molecule has 3 aliphatic carbocycles. The lowest BCUT2D eigenvalue weighted by Gasteiger charge is -2.59. The van der Waals surface area contributed by atoms with Crippen LogP contribution in [-0.2, 0) is 0 Å². The number of rotatable bonds is 2. The maximum absolute atomic E-state index is 11.7. The third-order valence-corrected chi connectivity index (χ3v) is 8.27. The van der Waals surface area contributed by atoms with E-state index in [0.717, 1.165) is 0 Å². The zero-order valence-electron chi connectivity index (χ0n) is 17.2. The first-order chi connectivity index (χ1) is 13.1. The van der Waals surface area contributed by atoms with Crippen molar-refractivity contribution in [3.05, 3.63) is 11.1 Å². The van der Waals surface area contributed by atoms with E-state index < -0.39 is 77.6 Å². The summed E-state index contributed by atoms with van der Waals surface area (Å²) in [4.78, 5) is 0. The summed E-state index contributed by atoms with van der Waals surface area (Å²) >= 11 is 0. The molecule has 29 heavy (non-hydrogen) atoms. The first kappa shape index (κ1) is 23.1. The average molecular weight is 418 g/mol. The molecule has 0 radical (unpaired) electrons. The van der Waals surface area contributed by atoms with Gasteiger partial charge in [0.25, 0.3) is 0 Å². The zero-order chi connectivity index (χ0) is 22.3. The van der Waals surface area contributed by atoms with Crippen molar-refractivity contribution < 1.29 is 46.0 Å². The van der Waals surface area contributed by atoms with E-state index in [1.807, 2.05) is 0 Å². The van der Waals surface area contributed by atoms with Crippen LogP contribution >= 0.6 is 0 Å². The summed E-state index contributed by atoms with van der Waals surface area (Å²) in [5.74, 6) is -1.54. The Labute approximate surface area is 169 Å².